The number of carboxylic acids is 1. The molecule has 2 nitrogen and oxygen atoms in total. The topological polar surface area (TPSA) is 37.3 Å². The van der Waals surface area contributed by atoms with Gasteiger partial charge in [-0.25, -0.2) is 0 Å². The number of rotatable bonds is 2. The lowest BCUT2D eigenvalue weighted by Crippen LogP contribution is -1.98. The number of carboxylic acid groups (broad SMARTS) is 1. The molecule has 1 aromatic rings. The standard InChI is InChI=1S/C8H6BrClO2S/c9-5-2-6(10)13-7(5)3-1-4(3)8(11)12/h2-4H,1H2,(H,11,12)/t3-,4-/m0/s1. The minimum Gasteiger partial charge on any atom is -0.481 e. The van der Waals surface area contributed by atoms with E-state index in [1.807, 2.05) is 6.07 Å². The van der Waals surface area contributed by atoms with E-state index in [2.05, 4.69) is 15.9 Å². The normalized spacial score (nSPS) is 26.0. The molecule has 1 aliphatic rings. The average Bonchev–Trinajstić information content (AvgIpc) is 2.73. The van der Waals surface area contributed by atoms with Crippen LogP contribution in [-0.2, 0) is 4.79 Å². The van der Waals surface area contributed by atoms with Crippen LogP contribution in [-0.4, -0.2) is 11.1 Å². The second kappa shape index (κ2) is 3.26. The van der Waals surface area contributed by atoms with Crippen LogP contribution in [0.25, 0.3) is 0 Å². The molecule has 0 unspecified atom stereocenters. The van der Waals surface area contributed by atoms with Crippen LogP contribution in [0.1, 0.15) is 17.2 Å². The van der Waals surface area contributed by atoms with Gasteiger partial charge in [0, 0.05) is 15.3 Å². The highest BCUT2D eigenvalue weighted by molar-refractivity contribution is 9.10. The Morgan fingerprint density at radius 1 is 1.77 bits per heavy atom. The molecule has 0 bridgehead atoms. The zero-order valence-corrected chi connectivity index (χ0v) is 9.62. The van der Waals surface area contributed by atoms with Crippen LogP contribution in [0.4, 0.5) is 0 Å². The smallest absolute Gasteiger partial charge is 0.307 e. The van der Waals surface area contributed by atoms with Crippen molar-refractivity contribution in [1.29, 1.82) is 0 Å². The average molecular weight is 282 g/mol. The Bertz CT molecular complexity index is 363. The maximum absolute atomic E-state index is 10.6. The number of hydrogen-bond donors (Lipinski definition) is 1. The van der Waals surface area contributed by atoms with Crippen molar-refractivity contribution in [2.45, 2.75) is 12.3 Å². The summed E-state index contributed by atoms with van der Waals surface area (Å²) < 4.78 is 1.65. The zero-order chi connectivity index (χ0) is 9.59. The predicted molar refractivity (Wildman–Crippen MR) is 55.5 cm³/mol. The lowest BCUT2D eigenvalue weighted by molar-refractivity contribution is -0.138. The van der Waals surface area contributed by atoms with Crippen molar-refractivity contribution in [1.82, 2.24) is 0 Å². The van der Waals surface area contributed by atoms with Crippen LogP contribution in [0, 0.1) is 5.92 Å². The van der Waals surface area contributed by atoms with Gasteiger partial charge in [-0.15, -0.1) is 11.3 Å². The van der Waals surface area contributed by atoms with Crippen LogP contribution in [0.3, 0.4) is 0 Å². The molecule has 0 saturated heterocycles. The highest BCUT2D eigenvalue weighted by Crippen LogP contribution is 2.53. The number of aliphatic carboxylic acids is 1. The molecule has 0 amide bonds. The molecule has 0 aromatic carbocycles. The molecule has 1 fully saturated rings. The fraction of sp³-hybridized carbons (Fsp3) is 0.375. The van der Waals surface area contributed by atoms with Gasteiger partial charge in [-0.3, -0.25) is 4.79 Å². The molecule has 0 spiro atoms. The molecule has 1 aliphatic carbocycles. The van der Waals surface area contributed by atoms with Gasteiger partial charge < -0.3 is 5.11 Å². The number of hydrogen-bond acceptors (Lipinski definition) is 2. The van der Waals surface area contributed by atoms with Gasteiger partial charge in [0.1, 0.15) is 0 Å². The monoisotopic (exact) mass is 280 g/mol. The summed E-state index contributed by atoms with van der Waals surface area (Å²) in [7, 11) is 0. The molecule has 5 heteroatoms. The first-order valence-electron chi connectivity index (χ1n) is 3.77. The molecule has 70 valence electrons. The van der Waals surface area contributed by atoms with Gasteiger partial charge in [0.15, 0.2) is 0 Å². The minimum absolute atomic E-state index is 0.171. The molecule has 0 aliphatic heterocycles. The van der Waals surface area contributed by atoms with Crippen molar-refractivity contribution in [3.63, 3.8) is 0 Å². The number of halogens is 2. The molecule has 1 N–H and O–H groups in total. The summed E-state index contributed by atoms with van der Waals surface area (Å²) in [6.07, 6.45) is 0.741. The van der Waals surface area contributed by atoms with Gasteiger partial charge in [-0.2, -0.15) is 0 Å². The van der Waals surface area contributed by atoms with E-state index < -0.39 is 5.97 Å². The SMILES string of the molecule is O=C(O)[C@H]1C[C@@H]1c1sc(Cl)cc1Br. The van der Waals surface area contributed by atoms with E-state index in [1.165, 1.54) is 11.3 Å². The number of carbonyl (C=O) groups is 1. The van der Waals surface area contributed by atoms with E-state index in [0.29, 0.717) is 4.34 Å². The maximum Gasteiger partial charge on any atom is 0.307 e. The van der Waals surface area contributed by atoms with Gasteiger partial charge in [0.2, 0.25) is 0 Å². The van der Waals surface area contributed by atoms with Crippen molar-refractivity contribution < 1.29 is 9.90 Å². The van der Waals surface area contributed by atoms with Crippen LogP contribution in [0.5, 0.6) is 0 Å². The Kier molecular flexibility index (Phi) is 2.38. The summed E-state index contributed by atoms with van der Waals surface area (Å²) in [6, 6.07) is 1.82. The first-order valence-corrected chi connectivity index (χ1v) is 5.76. The second-order valence-electron chi connectivity index (χ2n) is 3.05. The lowest BCUT2D eigenvalue weighted by Gasteiger charge is -1.92. The third-order valence-corrected chi connectivity index (χ3v) is 4.44. The van der Waals surface area contributed by atoms with Gasteiger partial charge in [-0.1, -0.05) is 11.6 Å². The third kappa shape index (κ3) is 1.75. The summed E-state index contributed by atoms with van der Waals surface area (Å²) >= 11 is 10.6. The highest BCUT2D eigenvalue weighted by Gasteiger charge is 2.45. The molecular weight excluding hydrogens is 276 g/mol. The van der Waals surface area contributed by atoms with E-state index in [0.717, 1.165) is 15.8 Å². The Balaban J connectivity index is 2.20. The molecule has 1 saturated carbocycles. The molecule has 13 heavy (non-hydrogen) atoms. The van der Waals surface area contributed by atoms with Crippen molar-refractivity contribution in [3.8, 4) is 0 Å². The second-order valence-corrected chi connectivity index (χ2v) is 5.62. The Labute approximate surface area is 92.7 Å². The summed E-state index contributed by atoms with van der Waals surface area (Å²) in [4.78, 5) is 11.7. The predicted octanol–water partition coefficient (Wildman–Crippen LogP) is 3.35. The fourth-order valence-electron chi connectivity index (χ4n) is 1.36. The van der Waals surface area contributed by atoms with Crippen molar-refractivity contribution in [2.24, 2.45) is 5.92 Å². The van der Waals surface area contributed by atoms with Crippen molar-refractivity contribution >= 4 is 44.8 Å². The summed E-state index contributed by atoms with van der Waals surface area (Å²) in [5.41, 5.74) is 0. The van der Waals surface area contributed by atoms with Gasteiger partial charge in [-0.05, 0) is 28.4 Å². The van der Waals surface area contributed by atoms with Gasteiger partial charge >= 0.3 is 5.97 Å². The molecule has 0 radical (unpaired) electrons. The first kappa shape index (κ1) is 9.49. The highest BCUT2D eigenvalue weighted by atomic mass is 79.9. The van der Waals surface area contributed by atoms with Crippen LogP contribution in [0.15, 0.2) is 10.5 Å². The quantitative estimate of drug-likeness (QED) is 0.902. The molecule has 2 rings (SSSR count). The summed E-state index contributed by atoms with van der Waals surface area (Å²) in [5.74, 6) is -0.739. The van der Waals surface area contributed by atoms with Gasteiger partial charge in [0.05, 0.1) is 10.3 Å². The lowest BCUT2D eigenvalue weighted by atomic mass is 10.3. The zero-order valence-electron chi connectivity index (χ0n) is 6.46. The van der Waals surface area contributed by atoms with E-state index in [9.17, 15) is 4.79 Å². The van der Waals surface area contributed by atoms with E-state index >= 15 is 0 Å². The maximum atomic E-state index is 10.6. The Morgan fingerprint density at radius 3 is 2.85 bits per heavy atom. The Morgan fingerprint density at radius 2 is 2.46 bits per heavy atom. The first-order chi connectivity index (χ1) is 6.09. The fourth-order valence-corrected chi connectivity index (χ4v) is 3.73. The molecule has 2 atom stereocenters. The van der Waals surface area contributed by atoms with Crippen molar-refractivity contribution in [2.75, 3.05) is 0 Å². The van der Waals surface area contributed by atoms with Crippen LogP contribution >= 0.6 is 38.9 Å². The van der Waals surface area contributed by atoms with E-state index in [-0.39, 0.29) is 11.8 Å². The minimum atomic E-state index is -0.707. The molecule has 1 aromatic heterocycles. The van der Waals surface area contributed by atoms with E-state index in [4.69, 9.17) is 16.7 Å². The van der Waals surface area contributed by atoms with Crippen molar-refractivity contribution in [3.05, 3.63) is 19.8 Å². The summed E-state index contributed by atoms with van der Waals surface area (Å²) in [6.45, 7) is 0. The van der Waals surface area contributed by atoms with Crippen LogP contribution in [0.2, 0.25) is 4.34 Å². The largest absolute Gasteiger partial charge is 0.481 e. The summed E-state index contributed by atoms with van der Waals surface area (Å²) in [5, 5.41) is 8.74. The number of thiophene rings is 1. The molecule has 1 heterocycles. The Hall–Kier alpha value is -0.0600. The van der Waals surface area contributed by atoms with Gasteiger partial charge in [0.25, 0.3) is 0 Å². The van der Waals surface area contributed by atoms with E-state index in [1.54, 1.807) is 0 Å². The third-order valence-electron chi connectivity index (χ3n) is 2.13. The molecular formula is C8H6BrClO2S. The van der Waals surface area contributed by atoms with Crippen LogP contribution < -0.4 is 0 Å².